The summed E-state index contributed by atoms with van der Waals surface area (Å²) < 4.78 is 0. The van der Waals surface area contributed by atoms with Crippen molar-refractivity contribution < 1.29 is 0 Å². The molecule has 0 spiro atoms. The highest BCUT2D eigenvalue weighted by molar-refractivity contribution is 6.28. The van der Waals surface area contributed by atoms with Crippen molar-refractivity contribution in [2.75, 3.05) is 18.0 Å². The average molecular weight is 301 g/mol. The maximum atomic E-state index is 6.12. The third kappa shape index (κ3) is 2.39. The number of aromatic nitrogens is 2. The van der Waals surface area contributed by atoms with Crippen molar-refractivity contribution in [1.82, 2.24) is 15.3 Å². The lowest BCUT2D eigenvalue weighted by atomic mass is 9.99. The Hall–Kier alpha value is -1.65. The van der Waals surface area contributed by atoms with Gasteiger partial charge < -0.3 is 10.2 Å². The molecule has 108 valence electrons. The largest absolute Gasteiger partial charge is 0.352 e. The maximum absolute atomic E-state index is 6.12. The van der Waals surface area contributed by atoms with E-state index in [1.807, 2.05) is 0 Å². The van der Waals surface area contributed by atoms with E-state index in [1.165, 1.54) is 16.7 Å². The van der Waals surface area contributed by atoms with Crippen molar-refractivity contribution in [3.63, 3.8) is 0 Å². The summed E-state index contributed by atoms with van der Waals surface area (Å²) in [5, 5.41) is 3.70. The average Bonchev–Trinajstić information content (AvgIpc) is 2.53. The number of nitrogens with zero attached hydrogens (tertiary/aromatic N) is 3. The molecule has 4 rings (SSSR count). The van der Waals surface area contributed by atoms with E-state index in [0.29, 0.717) is 5.28 Å². The van der Waals surface area contributed by atoms with Gasteiger partial charge in [-0.15, -0.1) is 0 Å². The molecule has 1 N–H and O–H groups in total. The predicted octanol–water partition coefficient (Wildman–Crippen LogP) is 2.34. The standard InChI is InChI=1S/C16H17ClN4/c17-16-19-14-9-18-7-5-13(14)15(20-16)21-8-6-11-3-1-2-4-12(11)10-21/h1-4,18H,5-10H2. The second-order valence-corrected chi connectivity index (χ2v) is 5.95. The predicted molar refractivity (Wildman–Crippen MR) is 83.6 cm³/mol. The molecular weight excluding hydrogens is 284 g/mol. The molecule has 1 aromatic carbocycles. The molecule has 0 amide bonds. The van der Waals surface area contributed by atoms with Crippen LogP contribution in [0.3, 0.4) is 0 Å². The van der Waals surface area contributed by atoms with Crippen LogP contribution >= 0.6 is 11.6 Å². The molecule has 2 aromatic rings. The molecule has 0 atom stereocenters. The molecule has 0 bridgehead atoms. The van der Waals surface area contributed by atoms with E-state index >= 15 is 0 Å². The maximum Gasteiger partial charge on any atom is 0.224 e. The van der Waals surface area contributed by atoms with Crippen molar-refractivity contribution in [1.29, 1.82) is 0 Å². The van der Waals surface area contributed by atoms with Gasteiger partial charge in [-0.3, -0.25) is 0 Å². The summed E-state index contributed by atoms with van der Waals surface area (Å²) in [6, 6.07) is 8.65. The minimum Gasteiger partial charge on any atom is -0.352 e. The van der Waals surface area contributed by atoms with Crippen molar-refractivity contribution in [2.45, 2.75) is 25.9 Å². The van der Waals surface area contributed by atoms with Crippen LogP contribution in [0.2, 0.25) is 5.28 Å². The van der Waals surface area contributed by atoms with Crippen LogP contribution in [0.4, 0.5) is 5.82 Å². The Morgan fingerprint density at radius 1 is 1.10 bits per heavy atom. The van der Waals surface area contributed by atoms with Crippen LogP contribution in [0.1, 0.15) is 22.4 Å². The summed E-state index contributed by atoms with van der Waals surface area (Å²) in [7, 11) is 0. The fourth-order valence-electron chi connectivity index (χ4n) is 3.25. The Labute approximate surface area is 129 Å². The first-order valence-corrected chi connectivity index (χ1v) is 7.77. The summed E-state index contributed by atoms with van der Waals surface area (Å²) in [5.41, 5.74) is 5.15. The Balaban J connectivity index is 1.73. The SMILES string of the molecule is Clc1nc2c(c(N3CCc4ccccc4C3)n1)CCNC2. The van der Waals surface area contributed by atoms with Crippen LogP contribution in [0.25, 0.3) is 0 Å². The van der Waals surface area contributed by atoms with E-state index in [1.54, 1.807) is 0 Å². The van der Waals surface area contributed by atoms with Crippen LogP contribution in [-0.4, -0.2) is 23.1 Å². The van der Waals surface area contributed by atoms with Gasteiger partial charge in [0.05, 0.1) is 5.69 Å². The van der Waals surface area contributed by atoms with E-state index in [2.05, 4.69) is 44.5 Å². The summed E-state index contributed by atoms with van der Waals surface area (Å²) in [4.78, 5) is 11.3. The summed E-state index contributed by atoms with van der Waals surface area (Å²) >= 11 is 6.12. The normalized spacial score (nSPS) is 17.3. The molecule has 2 aliphatic heterocycles. The van der Waals surface area contributed by atoms with Gasteiger partial charge in [0, 0.05) is 25.2 Å². The molecule has 5 heteroatoms. The van der Waals surface area contributed by atoms with Gasteiger partial charge in [-0.2, -0.15) is 0 Å². The molecule has 0 unspecified atom stereocenters. The quantitative estimate of drug-likeness (QED) is 0.821. The van der Waals surface area contributed by atoms with Crippen molar-refractivity contribution in [3.05, 3.63) is 51.9 Å². The fraction of sp³-hybridized carbons (Fsp3) is 0.375. The Morgan fingerprint density at radius 3 is 2.86 bits per heavy atom. The van der Waals surface area contributed by atoms with Gasteiger partial charge in [0.1, 0.15) is 5.82 Å². The first-order chi connectivity index (χ1) is 10.3. The van der Waals surface area contributed by atoms with Gasteiger partial charge in [-0.25, -0.2) is 9.97 Å². The van der Waals surface area contributed by atoms with Crippen LogP contribution in [0, 0.1) is 0 Å². The number of rotatable bonds is 1. The van der Waals surface area contributed by atoms with Gasteiger partial charge in [-0.1, -0.05) is 24.3 Å². The molecule has 0 saturated carbocycles. The monoisotopic (exact) mass is 300 g/mol. The summed E-state index contributed by atoms with van der Waals surface area (Å²) in [6.07, 6.45) is 2.03. The molecule has 3 heterocycles. The van der Waals surface area contributed by atoms with Crippen LogP contribution in [-0.2, 0) is 25.9 Å². The lowest BCUT2D eigenvalue weighted by molar-refractivity contribution is 0.614. The van der Waals surface area contributed by atoms with Crippen LogP contribution < -0.4 is 10.2 Å². The highest BCUT2D eigenvalue weighted by Crippen LogP contribution is 2.29. The van der Waals surface area contributed by atoms with Gasteiger partial charge in [0.25, 0.3) is 0 Å². The fourth-order valence-corrected chi connectivity index (χ4v) is 3.43. The van der Waals surface area contributed by atoms with E-state index in [9.17, 15) is 0 Å². The first-order valence-electron chi connectivity index (χ1n) is 7.39. The van der Waals surface area contributed by atoms with Crippen LogP contribution in [0.15, 0.2) is 24.3 Å². The molecule has 21 heavy (non-hydrogen) atoms. The number of nitrogens with one attached hydrogen (secondary N) is 1. The van der Waals surface area contributed by atoms with Gasteiger partial charge in [0.2, 0.25) is 5.28 Å². The second-order valence-electron chi connectivity index (χ2n) is 5.61. The minimum absolute atomic E-state index is 0.353. The van der Waals surface area contributed by atoms with Gasteiger partial charge in [0.15, 0.2) is 0 Å². The van der Waals surface area contributed by atoms with Gasteiger partial charge in [-0.05, 0) is 42.1 Å². The van der Waals surface area contributed by atoms with E-state index in [-0.39, 0.29) is 0 Å². The summed E-state index contributed by atoms with van der Waals surface area (Å²) in [5.74, 6) is 1.03. The molecule has 0 saturated heterocycles. The lowest BCUT2D eigenvalue weighted by Gasteiger charge is -2.32. The van der Waals surface area contributed by atoms with E-state index in [0.717, 1.165) is 50.5 Å². The van der Waals surface area contributed by atoms with Gasteiger partial charge >= 0.3 is 0 Å². The van der Waals surface area contributed by atoms with E-state index < -0.39 is 0 Å². The molecule has 2 aliphatic rings. The molecule has 1 aromatic heterocycles. The number of halogens is 1. The topological polar surface area (TPSA) is 41.1 Å². The van der Waals surface area contributed by atoms with Crippen molar-refractivity contribution in [2.24, 2.45) is 0 Å². The second kappa shape index (κ2) is 5.28. The smallest absolute Gasteiger partial charge is 0.224 e. The van der Waals surface area contributed by atoms with Crippen molar-refractivity contribution in [3.8, 4) is 0 Å². The number of hydrogen-bond acceptors (Lipinski definition) is 4. The Kier molecular flexibility index (Phi) is 3.28. The molecule has 0 aliphatic carbocycles. The van der Waals surface area contributed by atoms with Crippen molar-refractivity contribution >= 4 is 17.4 Å². The third-order valence-corrected chi connectivity index (χ3v) is 4.49. The highest BCUT2D eigenvalue weighted by Gasteiger charge is 2.24. The Morgan fingerprint density at radius 2 is 1.95 bits per heavy atom. The molecular formula is C16H17ClN4. The number of anilines is 1. The van der Waals surface area contributed by atoms with Crippen LogP contribution in [0.5, 0.6) is 0 Å². The zero-order valence-corrected chi connectivity index (χ0v) is 12.5. The number of benzene rings is 1. The zero-order valence-electron chi connectivity index (χ0n) is 11.8. The Bertz CT molecular complexity index is 686. The minimum atomic E-state index is 0.353. The molecule has 0 fully saturated rings. The molecule has 0 radical (unpaired) electrons. The highest BCUT2D eigenvalue weighted by atomic mass is 35.5. The van der Waals surface area contributed by atoms with E-state index in [4.69, 9.17) is 11.6 Å². The number of fused-ring (bicyclic) bond motifs is 2. The number of hydrogen-bond donors (Lipinski definition) is 1. The first kappa shape index (κ1) is 13.0. The zero-order chi connectivity index (χ0) is 14.2. The summed E-state index contributed by atoms with van der Waals surface area (Å²) in [6.45, 7) is 3.66. The third-order valence-electron chi connectivity index (χ3n) is 4.32. The molecule has 4 nitrogen and oxygen atoms in total. The lowest BCUT2D eigenvalue weighted by Crippen LogP contribution is -2.34.